The second-order valence-corrected chi connectivity index (χ2v) is 1.42. The van der Waals surface area contributed by atoms with E-state index < -0.39 is 0 Å². The van der Waals surface area contributed by atoms with E-state index in [9.17, 15) is 0 Å². The van der Waals surface area contributed by atoms with Crippen LogP contribution in [0, 0.1) is 18.3 Å². The molecule has 0 aromatic rings. The first-order valence-electron chi connectivity index (χ1n) is 1.86. The molecule has 34 valence electrons. The maximum absolute atomic E-state index is 6.47. The number of halogens is 1. The Bertz CT molecular complexity index is 70.6. The van der Waals surface area contributed by atoms with Crippen LogP contribution in [0.2, 0.25) is 0 Å². The maximum Gasteiger partial charge on any atom is 2.00 e. The molecular formula is C5H5IMg. The molecule has 0 aromatic heterocycles. The van der Waals surface area contributed by atoms with E-state index in [0.29, 0.717) is 5.92 Å². The summed E-state index contributed by atoms with van der Waals surface area (Å²) in [6.07, 6.45) is 8.89. The summed E-state index contributed by atoms with van der Waals surface area (Å²) in [5.41, 5.74) is 0. The van der Waals surface area contributed by atoms with Crippen LogP contribution in [0.3, 0.4) is 0 Å². The van der Waals surface area contributed by atoms with Gasteiger partial charge in [-0.25, -0.2) is 0 Å². The van der Waals surface area contributed by atoms with Gasteiger partial charge in [-0.1, -0.05) is 0 Å². The van der Waals surface area contributed by atoms with Crippen molar-refractivity contribution in [3.63, 3.8) is 0 Å². The van der Waals surface area contributed by atoms with E-state index >= 15 is 0 Å². The molecule has 1 aliphatic carbocycles. The van der Waals surface area contributed by atoms with Gasteiger partial charge in [0.25, 0.3) is 0 Å². The van der Waals surface area contributed by atoms with Crippen molar-refractivity contribution in [1.82, 2.24) is 0 Å². The Morgan fingerprint density at radius 1 is 1.43 bits per heavy atom. The van der Waals surface area contributed by atoms with Gasteiger partial charge in [0.15, 0.2) is 0 Å². The average molecular weight is 216 g/mol. The van der Waals surface area contributed by atoms with Crippen molar-refractivity contribution >= 4 is 23.1 Å². The van der Waals surface area contributed by atoms with E-state index in [4.69, 9.17) is 6.42 Å². The van der Waals surface area contributed by atoms with Crippen LogP contribution < -0.4 is 24.0 Å². The van der Waals surface area contributed by atoms with Crippen LogP contribution in [0.25, 0.3) is 0 Å². The molecule has 0 unspecified atom stereocenters. The summed E-state index contributed by atoms with van der Waals surface area (Å²) in [7, 11) is 0. The topological polar surface area (TPSA) is 0 Å². The minimum absolute atomic E-state index is 0. The van der Waals surface area contributed by atoms with Gasteiger partial charge in [0.05, 0.1) is 0 Å². The SMILES string of the molecule is [C-]#CC1CC1.[I-].[Mg+2]. The normalized spacial score (nSPS) is 15.3. The van der Waals surface area contributed by atoms with E-state index in [2.05, 4.69) is 5.92 Å². The molecule has 0 atom stereocenters. The molecule has 1 saturated carbocycles. The van der Waals surface area contributed by atoms with E-state index in [1.54, 1.807) is 0 Å². The predicted molar refractivity (Wildman–Crippen MR) is 25.6 cm³/mol. The molecule has 1 aliphatic rings. The third-order valence-corrected chi connectivity index (χ3v) is 0.781. The molecule has 0 spiro atoms. The van der Waals surface area contributed by atoms with Gasteiger partial charge in [-0.3, -0.25) is 0 Å². The molecule has 0 bridgehead atoms. The standard InChI is InChI=1S/C5H5.HI.Mg/c1-2-5-3-4-5;;/h5H,3-4H2;1H;/q-1;;+2/p-1. The Balaban J connectivity index is 0. The molecule has 7 heavy (non-hydrogen) atoms. The zero-order valence-electron chi connectivity index (χ0n) is 4.08. The van der Waals surface area contributed by atoms with Crippen molar-refractivity contribution < 1.29 is 24.0 Å². The summed E-state index contributed by atoms with van der Waals surface area (Å²) in [6.45, 7) is 0. The Hall–Kier alpha value is 1.06. The molecule has 0 aliphatic heterocycles. The van der Waals surface area contributed by atoms with Gasteiger partial charge in [0.2, 0.25) is 0 Å². The van der Waals surface area contributed by atoms with Gasteiger partial charge < -0.3 is 36.3 Å². The molecule has 0 N–H and O–H groups in total. The van der Waals surface area contributed by atoms with Gasteiger partial charge in [0.1, 0.15) is 0 Å². The van der Waals surface area contributed by atoms with Crippen LogP contribution >= 0.6 is 0 Å². The van der Waals surface area contributed by atoms with Crippen molar-refractivity contribution in [2.24, 2.45) is 5.92 Å². The van der Waals surface area contributed by atoms with Crippen LogP contribution in [0.15, 0.2) is 0 Å². The molecule has 0 heterocycles. The molecule has 0 amide bonds. The Morgan fingerprint density at radius 3 is 1.86 bits per heavy atom. The van der Waals surface area contributed by atoms with Gasteiger partial charge in [0, 0.05) is 0 Å². The minimum Gasteiger partial charge on any atom is -1.00 e. The zero-order chi connectivity index (χ0) is 3.70. The first-order chi connectivity index (χ1) is 2.43. The fourth-order valence-corrected chi connectivity index (χ4v) is 0.228. The van der Waals surface area contributed by atoms with Crippen molar-refractivity contribution in [3.8, 4) is 5.92 Å². The van der Waals surface area contributed by atoms with Crippen LogP contribution in [0.1, 0.15) is 12.8 Å². The molecular weight excluding hydrogens is 211 g/mol. The molecule has 0 saturated heterocycles. The second kappa shape index (κ2) is 5.20. The van der Waals surface area contributed by atoms with E-state index in [0.717, 1.165) is 0 Å². The molecule has 0 aromatic carbocycles. The average Bonchev–Trinajstić information content (AvgIpc) is 2.12. The summed E-state index contributed by atoms with van der Waals surface area (Å²) in [4.78, 5) is 0. The van der Waals surface area contributed by atoms with E-state index in [1.807, 2.05) is 0 Å². The van der Waals surface area contributed by atoms with Crippen molar-refractivity contribution in [1.29, 1.82) is 0 Å². The van der Waals surface area contributed by atoms with Crippen molar-refractivity contribution in [2.45, 2.75) is 12.8 Å². The summed E-state index contributed by atoms with van der Waals surface area (Å²) in [5, 5.41) is 0. The van der Waals surface area contributed by atoms with Crippen LogP contribution in [-0.4, -0.2) is 23.1 Å². The van der Waals surface area contributed by atoms with Crippen LogP contribution in [-0.2, 0) is 0 Å². The van der Waals surface area contributed by atoms with Crippen LogP contribution in [0.5, 0.6) is 0 Å². The Morgan fingerprint density at radius 2 is 1.86 bits per heavy atom. The van der Waals surface area contributed by atoms with Gasteiger partial charge in [-0.15, -0.1) is 0 Å². The molecule has 0 nitrogen and oxygen atoms in total. The third kappa shape index (κ3) is 4.92. The maximum atomic E-state index is 6.47. The number of hydrogen-bond donors (Lipinski definition) is 0. The van der Waals surface area contributed by atoms with Gasteiger partial charge in [-0.05, 0) is 18.8 Å². The zero-order valence-corrected chi connectivity index (χ0v) is 7.65. The van der Waals surface area contributed by atoms with Crippen molar-refractivity contribution in [2.75, 3.05) is 0 Å². The quantitative estimate of drug-likeness (QED) is 0.183. The van der Waals surface area contributed by atoms with Gasteiger partial charge >= 0.3 is 23.1 Å². The van der Waals surface area contributed by atoms with E-state index in [-0.39, 0.29) is 47.0 Å². The molecule has 1 rings (SSSR count). The fourth-order valence-electron chi connectivity index (χ4n) is 0.228. The third-order valence-electron chi connectivity index (χ3n) is 0.781. The first-order valence-corrected chi connectivity index (χ1v) is 1.86. The summed E-state index contributed by atoms with van der Waals surface area (Å²) >= 11 is 0. The largest absolute Gasteiger partial charge is 2.00 e. The predicted octanol–water partition coefficient (Wildman–Crippen LogP) is -2.39. The minimum atomic E-state index is 0. The van der Waals surface area contributed by atoms with Gasteiger partial charge in [-0.2, -0.15) is 0 Å². The van der Waals surface area contributed by atoms with E-state index in [1.165, 1.54) is 12.8 Å². The summed E-state index contributed by atoms with van der Waals surface area (Å²) in [6, 6.07) is 0. The molecule has 0 radical (unpaired) electrons. The number of hydrogen-bond acceptors (Lipinski definition) is 0. The number of rotatable bonds is 0. The summed E-state index contributed by atoms with van der Waals surface area (Å²) in [5.74, 6) is 2.94. The fraction of sp³-hybridized carbons (Fsp3) is 0.600. The van der Waals surface area contributed by atoms with Crippen LogP contribution in [0.4, 0.5) is 0 Å². The second-order valence-electron chi connectivity index (χ2n) is 1.42. The Kier molecular flexibility index (Phi) is 8.12. The monoisotopic (exact) mass is 216 g/mol. The summed E-state index contributed by atoms with van der Waals surface area (Å²) < 4.78 is 0. The Labute approximate surface area is 77.6 Å². The van der Waals surface area contributed by atoms with Crippen molar-refractivity contribution in [3.05, 3.63) is 6.42 Å². The first kappa shape index (κ1) is 10.9. The smallest absolute Gasteiger partial charge is 1.00 e. The molecule has 2 heteroatoms. The molecule has 1 fully saturated rings.